The van der Waals surface area contributed by atoms with Crippen LogP contribution in [0.2, 0.25) is 0 Å². The standard InChI is InChI=1S/C10H8N4O2S3/c1-17-10-13-12-9(18-10)11-8-6-4-2-3-5-7(6)19(15,16)14-8/h2-5H,1H3,(H,11,12,14). The number of aromatic nitrogens is 2. The molecule has 1 aromatic heterocycles. The molecule has 0 radical (unpaired) electrons. The third kappa shape index (κ3) is 2.24. The van der Waals surface area contributed by atoms with E-state index in [0.29, 0.717) is 16.5 Å². The number of fused-ring (bicyclic) bond motifs is 1. The van der Waals surface area contributed by atoms with E-state index in [9.17, 15) is 8.42 Å². The summed E-state index contributed by atoms with van der Waals surface area (Å²) in [7, 11) is -3.60. The van der Waals surface area contributed by atoms with Crippen LogP contribution in [0, 0.1) is 0 Å². The molecule has 2 heterocycles. The molecule has 0 fully saturated rings. The molecule has 1 aliphatic rings. The van der Waals surface area contributed by atoms with Gasteiger partial charge in [-0.3, -0.25) is 0 Å². The van der Waals surface area contributed by atoms with Crippen LogP contribution >= 0.6 is 23.1 Å². The Hall–Kier alpha value is -1.45. The highest BCUT2D eigenvalue weighted by Crippen LogP contribution is 2.28. The summed E-state index contributed by atoms with van der Waals surface area (Å²) in [6.07, 6.45) is 1.90. The van der Waals surface area contributed by atoms with Crippen molar-refractivity contribution in [2.45, 2.75) is 9.24 Å². The van der Waals surface area contributed by atoms with Crippen LogP contribution in [0.25, 0.3) is 0 Å². The summed E-state index contributed by atoms with van der Waals surface area (Å²) in [4.78, 5) is 0.215. The Balaban J connectivity index is 1.99. The van der Waals surface area contributed by atoms with Crippen molar-refractivity contribution in [1.82, 2.24) is 10.2 Å². The molecule has 6 nitrogen and oxygen atoms in total. The van der Waals surface area contributed by atoms with Gasteiger partial charge in [0.15, 0.2) is 10.2 Å². The van der Waals surface area contributed by atoms with E-state index in [1.54, 1.807) is 18.2 Å². The molecule has 98 valence electrons. The van der Waals surface area contributed by atoms with Crippen LogP contribution in [0.5, 0.6) is 0 Å². The lowest BCUT2D eigenvalue weighted by molar-refractivity contribution is 0.599. The Labute approximate surface area is 118 Å². The molecule has 0 saturated heterocycles. The number of thioether (sulfide) groups is 1. The smallest absolute Gasteiger partial charge is 0.285 e. The fourth-order valence-corrected chi connectivity index (χ4v) is 3.98. The molecule has 0 unspecified atom stereocenters. The maximum absolute atomic E-state index is 11.9. The van der Waals surface area contributed by atoms with Gasteiger partial charge in [0, 0.05) is 5.56 Å². The zero-order valence-electron chi connectivity index (χ0n) is 9.69. The number of nitrogens with one attached hydrogen (secondary N) is 1. The molecule has 3 rings (SSSR count). The van der Waals surface area contributed by atoms with Gasteiger partial charge in [-0.1, -0.05) is 35.2 Å². The van der Waals surface area contributed by atoms with Gasteiger partial charge in [0.1, 0.15) is 4.90 Å². The van der Waals surface area contributed by atoms with E-state index < -0.39 is 10.0 Å². The molecule has 1 aromatic carbocycles. The SMILES string of the molecule is CSc1nnc(NC2=NS(=O)(=O)c3ccccc32)s1. The lowest BCUT2D eigenvalue weighted by Gasteiger charge is -2.01. The van der Waals surface area contributed by atoms with Crippen LogP contribution in [0.3, 0.4) is 0 Å². The second kappa shape index (κ2) is 4.58. The number of hydrogen-bond donors (Lipinski definition) is 1. The summed E-state index contributed by atoms with van der Waals surface area (Å²) >= 11 is 2.83. The maximum atomic E-state index is 11.9. The van der Waals surface area contributed by atoms with Crippen molar-refractivity contribution in [3.05, 3.63) is 29.8 Å². The third-order valence-electron chi connectivity index (χ3n) is 2.44. The fraction of sp³-hybridized carbons (Fsp3) is 0.100. The Morgan fingerprint density at radius 2 is 2.05 bits per heavy atom. The number of rotatable bonds is 2. The highest BCUT2D eigenvalue weighted by molar-refractivity contribution is 8.00. The first-order valence-electron chi connectivity index (χ1n) is 5.19. The van der Waals surface area contributed by atoms with E-state index in [1.807, 2.05) is 6.26 Å². The van der Waals surface area contributed by atoms with Crippen molar-refractivity contribution in [2.24, 2.45) is 4.40 Å². The molecule has 1 aliphatic heterocycles. The number of amidine groups is 1. The quantitative estimate of drug-likeness (QED) is 0.852. The summed E-state index contributed by atoms with van der Waals surface area (Å²) in [6, 6.07) is 6.69. The summed E-state index contributed by atoms with van der Waals surface area (Å²) < 4.78 is 28.2. The van der Waals surface area contributed by atoms with Crippen LogP contribution in [0.4, 0.5) is 5.13 Å². The average Bonchev–Trinajstić information content (AvgIpc) is 2.94. The van der Waals surface area contributed by atoms with Gasteiger partial charge >= 0.3 is 0 Å². The summed E-state index contributed by atoms with van der Waals surface area (Å²) in [5, 5.41) is 11.3. The number of benzene rings is 1. The molecule has 19 heavy (non-hydrogen) atoms. The average molecular weight is 312 g/mol. The predicted molar refractivity (Wildman–Crippen MR) is 75.5 cm³/mol. The van der Waals surface area contributed by atoms with Crippen molar-refractivity contribution in [2.75, 3.05) is 11.6 Å². The highest BCUT2D eigenvalue weighted by Gasteiger charge is 2.28. The monoisotopic (exact) mass is 312 g/mol. The van der Waals surface area contributed by atoms with Crippen LogP contribution in [-0.4, -0.2) is 30.7 Å². The van der Waals surface area contributed by atoms with Gasteiger partial charge in [-0.15, -0.1) is 14.6 Å². The minimum atomic E-state index is -3.60. The van der Waals surface area contributed by atoms with Gasteiger partial charge in [-0.05, 0) is 18.4 Å². The van der Waals surface area contributed by atoms with Gasteiger partial charge in [-0.2, -0.15) is 8.42 Å². The summed E-state index contributed by atoms with van der Waals surface area (Å²) in [5.41, 5.74) is 0.559. The third-order valence-corrected chi connectivity index (χ3v) is 5.59. The van der Waals surface area contributed by atoms with Crippen molar-refractivity contribution in [1.29, 1.82) is 0 Å². The minimum absolute atomic E-state index is 0.215. The summed E-state index contributed by atoms with van der Waals surface area (Å²) in [5.74, 6) is 0.291. The molecule has 1 N–H and O–H groups in total. The van der Waals surface area contributed by atoms with Gasteiger partial charge in [0.25, 0.3) is 10.0 Å². The fourth-order valence-electron chi connectivity index (χ4n) is 1.64. The summed E-state index contributed by atoms with van der Waals surface area (Å²) in [6.45, 7) is 0. The van der Waals surface area contributed by atoms with Crippen molar-refractivity contribution in [3.63, 3.8) is 0 Å². The van der Waals surface area contributed by atoms with E-state index in [-0.39, 0.29) is 4.90 Å². The zero-order chi connectivity index (χ0) is 13.5. The van der Waals surface area contributed by atoms with E-state index in [1.165, 1.54) is 29.2 Å². The van der Waals surface area contributed by atoms with Gasteiger partial charge in [0.2, 0.25) is 5.13 Å². The largest absolute Gasteiger partial charge is 0.314 e. The lowest BCUT2D eigenvalue weighted by Crippen LogP contribution is -2.10. The molecule has 0 saturated carbocycles. The number of nitrogens with zero attached hydrogens (tertiary/aromatic N) is 3. The number of hydrogen-bond acceptors (Lipinski definition) is 7. The first kappa shape index (κ1) is 12.6. The van der Waals surface area contributed by atoms with Gasteiger partial charge < -0.3 is 5.32 Å². The van der Waals surface area contributed by atoms with Gasteiger partial charge in [0.05, 0.1) is 0 Å². The van der Waals surface area contributed by atoms with Crippen LogP contribution in [-0.2, 0) is 10.0 Å². The second-order valence-corrected chi connectivity index (χ2v) is 7.22. The first-order valence-corrected chi connectivity index (χ1v) is 8.67. The van der Waals surface area contributed by atoms with E-state index in [4.69, 9.17) is 0 Å². The van der Waals surface area contributed by atoms with Gasteiger partial charge in [-0.25, -0.2) is 0 Å². The number of anilines is 1. The van der Waals surface area contributed by atoms with Crippen molar-refractivity contribution in [3.8, 4) is 0 Å². The highest BCUT2D eigenvalue weighted by atomic mass is 32.2. The normalized spacial score (nSPS) is 15.9. The molecular weight excluding hydrogens is 304 g/mol. The molecule has 0 atom stereocenters. The van der Waals surface area contributed by atoms with E-state index in [2.05, 4.69) is 19.9 Å². The lowest BCUT2D eigenvalue weighted by atomic mass is 10.2. The zero-order valence-corrected chi connectivity index (χ0v) is 12.1. The molecule has 0 spiro atoms. The van der Waals surface area contributed by atoms with Crippen LogP contribution in [0.15, 0.2) is 37.9 Å². The molecule has 0 bridgehead atoms. The predicted octanol–water partition coefficient (Wildman–Crippen LogP) is 1.82. The minimum Gasteiger partial charge on any atom is -0.314 e. The van der Waals surface area contributed by atoms with Crippen molar-refractivity contribution < 1.29 is 8.42 Å². The Kier molecular flexibility index (Phi) is 3.03. The second-order valence-electron chi connectivity index (χ2n) is 3.61. The Morgan fingerprint density at radius 1 is 1.26 bits per heavy atom. The molecule has 9 heteroatoms. The van der Waals surface area contributed by atoms with Crippen molar-refractivity contribution >= 4 is 44.1 Å². The molecule has 0 amide bonds. The first-order chi connectivity index (χ1) is 9.10. The van der Waals surface area contributed by atoms with E-state index >= 15 is 0 Å². The van der Waals surface area contributed by atoms with Crippen LogP contribution in [0.1, 0.15) is 5.56 Å². The molecular formula is C10H8N4O2S3. The maximum Gasteiger partial charge on any atom is 0.285 e. The molecule has 0 aliphatic carbocycles. The molecule has 2 aromatic rings. The van der Waals surface area contributed by atoms with Crippen LogP contribution < -0.4 is 5.32 Å². The number of sulfonamides is 1. The van der Waals surface area contributed by atoms with E-state index in [0.717, 1.165) is 4.34 Å². The topological polar surface area (TPSA) is 84.3 Å². The Bertz CT molecular complexity index is 767. The Morgan fingerprint density at radius 3 is 2.79 bits per heavy atom.